The normalized spacial score (nSPS) is 14.0. The predicted molar refractivity (Wildman–Crippen MR) is 212 cm³/mol. The van der Waals surface area contributed by atoms with E-state index in [-0.39, 0.29) is 23.4 Å². The minimum atomic E-state index is -0.915. The van der Waals surface area contributed by atoms with Crippen molar-refractivity contribution in [3.05, 3.63) is 161 Å². The number of rotatable bonds is 12. The van der Waals surface area contributed by atoms with Crippen LogP contribution in [0.2, 0.25) is 0 Å². The van der Waals surface area contributed by atoms with E-state index in [0.717, 1.165) is 28.1 Å². The Kier molecular flexibility index (Phi) is 10.6. The number of nitrogens with zero attached hydrogens (tertiary/aromatic N) is 4. The summed E-state index contributed by atoms with van der Waals surface area (Å²) in [6.45, 7) is 3.89. The average Bonchev–Trinajstić information content (AvgIpc) is 3.74. The molecule has 0 bridgehead atoms. The van der Waals surface area contributed by atoms with Gasteiger partial charge in [0.05, 0.1) is 52.9 Å². The smallest absolute Gasteiger partial charge is 0.338 e. The number of fused-ring (bicyclic) bond motifs is 1. The standard InChI is InChI=1S/C43H38N4O7S/c1-5-13-34-38(42(49)54-6-2)40(33-26-32(52-3)22-23-36(33)53-4)46-41(48)37(55-43(46)44-34)25-29-24-35(27-14-9-7-10-15-27)45(39(29)28-16-11-8-12-17-28)30-18-20-31(21-19-30)47(50)51/h7-12,14-26,40H,5-6,13H2,1-4H3/b37-25-/t40-/m0/s1. The summed E-state index contributed by atoms with van der Waals surface area (Å²) in [4.78, 5) is 45.3. The number of nitro groups is 1. The fraction of sp³-hybridized carbons (Fsp3) is 0.186. The maximum absolute atomic E-state index is 14.9. The Hall–Kier alpha value is -6.53. The lowest BCUT2D eigenvalue weighted by Crippen LogP contribution is -2.40. The van der Waals surface area contributed by atoms with Gasteiger partial charge in [-0.1, -0.05) is 85.3 Å². The zero-order chi connectivity index (χ0) is 38.6. The second-order valence-corrected chi connectivity index (χ2v) is 13.7. The Morgan fingerprint density at radius 3 is 2.22 bits per heavy atom. The van der Waals surface area contributed by atoms with Crippen molar-refractivity contribution in [3.63, 3.8) is 0 Å². The SMILES string of the molecule is CCCC1=C(C(=O)OCC)[C@H](c2cc(OC)ccc2OC)n2c(s/c(=C\c3cc(-c4ccccc4)n(-c4ccc([N+](=O)[O-])cc4)c3-c3ccccc3)c2=O)=N1. The van der Waals surface area contributed by atoms with Gasteiger partial charge in [0.2, 0.25) is 0 Å². The largest absolute Gasteiger partial charge is 0.497 e. The van der Waals surface area contributed by atoms with Gasteiger partial charge in [-0.25, -0.2) is 9.79 Å². The topological polar surface area (TPSA) is 127 Å². The number of ether oxygens (including phenoxy) is 3. The Labute approximate surface area is 320 Å². The van der Waals surface area contributed by atoms with Crippen LogP contribution < -0.4 is 24.4 Å². The second kappa shape index (κ2) is 15.8. The summed E-state index contributed by atoms with van der Waals surface area (Å²) < 4.78 is 21.0. The van der Waals surface area contributed by atoms with Gasteiger partial charge in [0, 0.05) is 28.9 Å². The highest BCUT2D eigenvalue weighted by Crippen LogP contribution is 2.40. The van der Waals surface area contributed by atoms with E-state index in [0.29, 0.717) is 50.6 Å². The van der Waals surface area contributed by atoms with Crippen LogP contribution in [0.15, 0.2) is 130 Å². The predicted octanol–water partition coefficient (Wildman–Crippen LogP) is 7.63. The van der Waals surface area contributed by atoms with E-state index in [1.54, 1.807) is 56.0 Å². The van der Waals surface area contributed by atoms with Crippen LogP contribution in [0.5, 0.6) is 11.5 Å². The van der Waals surface area contributed by atoms with Gasteiger partial charge in [-0.15, -0.1) is 0 Å². The van der Waals surface area contributed by atoms with Crippen molar-refractivity contribution < 1.29 is 23.9 Å². The molecule has 1 aliphatic rings. The molecular formula is C43H38N4O7S. The third-order valence-corrected chi connectivity index (χ3v) is 10.4. The van der Waals surface area contributed by atoms with Gasteiger partial charge in [-0.2, -0.15) is 0 Å². The van der Waals surface area contributed by atoms with E-state index >= 15 is 0 Å². The number of esters is 1. The van der Waals surface area contributed by atoms with Crippen LogP contribution in [0.4, 0.5) is 5.69 Å². The van der Waals surface area contributed by atoms with Gasteiger partial charge in [0.1, 0.15) is 17.5 Å². The Balaban J connectivity index is 1.54. The van der Waals surface area contributed by atoms with E-state index in [9.17, 15) is 19.7 Å². The van der Waals surface area contributed by atoms with Gasteiger partial charge in [0.25, 0.3) is 11.2 Å². The van der Waals surface area contributed by atoms with Gasteiger partial charge in [0.15, 0.2) is 4.80 Å². The monoisotopic (exact) mass is 754 g/mol. The molecule has 0 aliphatic carbocycles. The van der Waals surface area contributed by atoms with Gasteiger partial charge < -0.3 is 18.8 Å². The first-order chi connectivity index (χ1) is 26.8. The summed E-state index contributed by atoms with van der Waals surface area (Å²) in [5.41, 5.74) is 5.83. The van der Waals surface area contributed by atoms with Crippen molar-refractivity contribution in [2.75, 3.05) is 20.8 Å². The number of aromatic nitrogens is 2. The summed E-state index contributed by atoms with van der Waals surface area (Å²) in [6, 6.07) is 32.4. The van der Waals surface area contributed by atoms with Crippen molar-refractivity contribution in [1.29, 1.82) is 0 Å². The Morgan fingerprint density at radius 1 is 0.909 bits per heavy atom. The molecular weight excluding hydrogens is 717 g/mol. The molecule has 0 N–H and O–H groups in total. The van der Waals surface area contributed by atoms with Gasteiger partial charge in [-0.3, -0.25) is 19.5 Å². The molecule has 7 rings (SSSR count). The number of nitro benzene ring substituents is 1. The molecule has 2 aromatic heterocycles. The highest BCUT2D eigenvalue weighted by Gasteiger charge is 2.36. The molecule has 12 heteroatoms. The maximum Gasteiger partial charge on any atom is 0.338 e. The fourth-order valence-electron chi connectivity index (χ4n) is 6.95. The summed E-state index contributed by atoms with van der Waals surface area (Å²) in [5, 5.41) is 11.6. The average molecular weight is 755 g/mol. The molecule has 1 atom stereocenters. The summed E-state index contributed by atoms with van der Waals surface area (Å²) >= 11 is 1.24. The van der Waals surface area contributed by atoms with E-state index in [1.807, 2.05) is 79.7 Å². The van der Waals surface area contributed by atoms with Gasteiger partial charge >= 0.3 is 5.97 Å². The molecule has 0 saturated heterocycles. The van der Waals surface area contributed by atoms with Crippen LogP contribution in [-0.2, 0) is 9.53 Å². The Morgan fingerprint density at radius 2 is 1.60 bits per heavy atom. The van der Waals surface area contributed by atoms with Crippen LogP contribution in [0.25, 0.3) is 34.3 Å². The number of thiazole rings is 1. The Bertz CT molecular complexity index is 2610. The molecule has 6 aromatic rings. The summed E-state index contributed by atoms with van der Waals surface area (Å²) in [6.07, 6.45) is 3.05. The number of allylic oxidation sites excluding steroid dienone is 1. The first-order valence-electron chi connectivity index (χ1n) is 17.8. The van der Waals surface area contributed by atoms with Crippen LogP contribution in [0, 0.1) is 10.1 Å². The highest BCUT2D eigenvalue weighted by atomic mass is 32.1. The lowest BCUT2D eigenvalue weighted by Gasteiger charge is -2.27. The van der Waals surface area contributed by atoms with Crippen molar-refractivity contribution >= 4 is 29.1 Å². The molecule has 11 nitrogen and oxygen atoms in total. The first-order valence-corrected chi connectivity index (χ1v) is 18.6. The van der Waals surface area contributed by atoms with E-state index in [2.05, 4.69) is 4.57 Å². The third kappa shape index (κ3) is 6.99. The molecule has 0 fully saturated rings. The number of non-ortho nitro benzene ring substituents is 1. The van der Waals surface area contributed by atoms with E-state index < -0.39 is 16.9 Å². The van der Waals surface area contributed by atoms with Crippen molar-refractivity contribution in [2.24, 2.45) is 4.99 Å². The molecule has 55 heavy (non-hydrogen) atoms. The molecule has 0 unspecified atom stereocenters. The number of methoxy groups -OCH3 is 2. The first kappa shape index (κ1) is 36.8. The maximum atomic E-state index is 14.9. The lowest BCUT2D eigenvalue weighted by atomic mass is 9.93. The van der Waals surface area contributed by atoms with Crippen LogP contribution in [0.1, 0.15) is 43.9 Å². The molecule has 3 heterocycles. The number of hydrogen-bond acceptors (Lipinski definition) is 9. The lowest BCUT2D eigenvalue weighted by molar-refractivity contribution is -0.384. The van der Waals surface area contributed by atoms with Crippen LogP contribution in [-0.4, -0.2) is 40.9 Å². The number of carbonyl (C=O) groups excluding carboxylic acids is 1. The minimum absolute atomic E-state index is 0.0217. The molecule has 0 spiro atoms. The number of hydrogen-bond donors (Lipinski definition) is 0. The van der Waals surface area contributed by atoms with Crippen molar-refractivity contribution in [2.45, 2.75) is 32.7 Å². The highest BCUT2D eigenvalue weighted by molar-refractivity contribution is 7.07. The van der Waals surface area contributed by atoms with Gasteiger partial charge in [-0.05, 0) is 66.9 Å². The number of carbonyl (C=O) groups is 1. The number of benzene rings is 4. The quantitative estimate of drug-likeness (QED) is 0.0715. The molecule has 278 valence electrons. The van der Waals surface area contributed by atoms with E-state index in [1.165, 1.54) is 23.5 Å². The van der Waals surface area contributed by atoms with E-state index in [4.69, 9.17) is 19.2 Å². The second-order valence-electron chi connectivity index (χ2n) is 12.7. The van der Waals surface area contributed by atoms with Crippen molar-refractivity contribution in [1.82, 2.24) is 9.13 Å². The molecule has 4 aromatic carbocycles. The zero-order valence-corrected chi connectivity index (χ0v) is 31.5. The molecule has 1 aliphatic heterocycles. The summed E-state index contributed by atoms with van der Waals surface area (Å²) in [7, 11) is 3.10. The summed E-state index contributed by atoms with van der Waals surface area (Å²) in [5.74, 6) is 0.445. The fourth-order valence-corrected chi connectivity index (χ4v) is 7.96. The zero-order valence-electron chi connectivity index (χ0n) is 30.7. The molecule has 0 saturated carbocycles. The molecule has 0 amide bonds. The third-order valence-electron chi connectivity index (χ3n) is 9.38. The van der Waals surface area contributed by atoms with Crippen molar-refractivity contribution in [3.8, 4) is 39.7 Å². The van der Waals surface area contributed by atoms with Crippen LogP contribution in [0.3, 0.4) is 0 Å². The van der Waals surface area contributed by atoms with Crippen LogP contribution >= 0.6 is 11.3 Å². The molecule has 0 radical (unpaired) electrons. The minimum Gasteiger partial charge on any atom is -0.497 e.